The predicted molar refractivity (Wildman–Crippen MR) is 70.9 cm³/mol. The maximum Gasteiger partial charge on any atom is 0.0264 e. The van der Waals surface area contributed by atoms with Gasteiger partial charge >= 0.3 is 0 Å². The van der Waals surface area contributed by atoms with E-state index in [0.717, 1.165) is 18.5 Å². The minimum absolute atomic E-state index is 0.776. The van der Waals surface area contributed by atoms with Crippen molar-refractivity contribution in [1.82, 2.24) is 10.2 Å². The molecule has 0 spiro atoms. The molecular weight excluding hydrogens is 208 g/mol. The van der Waals surface area contributed by atoms with Crippen LogP contribution < -0.4 is 5.32 Å². The summed E-state index contributed by atoms with van der Waals surface area (Å²) in [4.78, 5) is 2.70. The highest BCUT2D eigenvalue weighted by atomic mass is 15.2. The zero-order chi connectivity index (χ0) is 11.5. The first-order valence-corrected chi connectivity index (χ1v) is 6.92. The van der Waals surface area contributed by atoms with Crippen molar-refractivity contribution in [2.45, 2.75) is 31.8 Å². The Balaban J connectivity index is 1.72. The molecule has 0 aromatic heterocycles. The zero-order valence-corrected chi connectivity index (χ0v) is 10.4. The summed E-state index contributed by atoms with van der Waals surface area (Å²) in [7, 11) is 0. The van der Waals surface area contributed by atoms with E-state index in [4.69, 9.17) is 0 Å². The molecule has 2 unspecified atom stereocenters. The Labute approximate surface area is 104 Å². The third-order valence-corrected chi connectivity index (χ3v) is 4.27. The van der Waals surface area contributed by atoms with Crippen molar-refractivity contribution in [3.63, 3.8) is 0 Å². The lowest BCUT2D eigenvalue weighted by Crippen LogP contribution is -2.39. The molecule has 2 saturated heterocycles. The van der Waals surface area contributed by atoms with Gasteiger partial charge in [-0.1, -0.05) is 36.8 Å². The highest BCUT2D eigenvalue weighted by molar-refractivity contribution is 5.15. The molecule has 2 fully saturated rings. The van der Waals surface area contributed by atoms with Crippen LogP contribution >= 0.6 is 0 Å². The molecule has 1 aromatic carbocycles. The molecule has 0 amide bonds. The van der Waals surface area contributed by atoms with Crippen molar-refractivity contribution in [3.8, 4) is 0 Å². The third-order valence-electron chi connectivity index (χ3n) is 4.27. The standard InChI is InChI=1S/C15H22N2/c1-2-6-13(7-3-1)12-17-9-5-4-8-14-10-16-11-15(14)17/h1-3,6-7,14-16H,4-5,8-12H2. The van der Waals surface area contributed by atoms with Crippen LogP contribution in [0.25, 0.3) is 0 Å². The van der Waals surface area contributed by atoms with Crippen molar-refractivity contribution >= 4 is 0 Å². The van der Waals surface area contributed by atoms with Crippen molar-refractivity contribution in [2.75, 3.05) is 19.6 Å². The highest BCUT2D eigenvalue weighted by Crippen LogP contribution is 2.26. The van der Waals surface area contributed by atoms with E-state index in [2.05, 4.69) is 40.5 Å². The Morgan fingerprint density at radius 3 is 2.88 bits per heavy atom. The fraction of sp³-hybridized carbons (Fsp3) is 0.600. The Morgan fingerprint density at radius 2 is 2.00 bits per heavy atom. The first-order valence-electron chi connectivity index (χ1n) is 6.92. The molecule has 0 radical (unpaired) electrons. The van der Waals surface area contributed by atoms with Gasteiger partial charge in [-0.25, -0.2) is 0 Å². The predicted octanol–water partition coefficient (Wildman–Crippen LogP) is 2.26. The van der Waals surface area contributed by atoms with Crippen molar-refractivity contribution in [2.24, 2.45) is 5.92 Å². The molecular formula is C15H22N2. The van der Waals surface area contributed by atoms with Gasteiger partial charge in [-0.3, -0.25) is 4.90 Å². The normalized spacial score (nSPS) is 29.9. The number of nitrogens with zero attached hydrogens (tertiary/aromatic N) is 1. The van der Waals surface area contributed by atoms with Crippen LogP contribution in [0.5, 0.6) is 0 Å². The van der Waals surface area contributed by atoms with Gasteiger partial charge < -0.3 is 5.32 Å². The monoisotopic (exact) mass is 230 g/mol. The Morgan fingerprint density at radius 1 is 1.12 bits per heavy atom. The van der Waals surface area contributed by atoms with E-state index < -0.39 is 0 Å². The molecule has 3 rings (SSSR count). The molecule has 0 aliphatic carbocycles. The molecule has 2 heteroatoms. The van der Waals surface area contributed by atoms with E-state index in [-0.39, 0.29) is 0 Å². The lowest BCUT2D eigenvalue weighted by molar-refractivity contribution is 0.178. The summed E-state index contributed by atoms with van der Waals surface area (Å²) >= 11 is 0. The van der Waals surface area contributed by atoms with Gasteiger partial charge in [0, 0.05) is 19.1 Å². The molecule has 2 atom stereocenters. The van der Waals surface area contributed by atoms with Crippen LogP contribution in [0.1, 0.15) is 24.8 Å². The summed E-state index contributed by atoms with van der Waals surface area (Å²) in [5.41, 5.74) is 1.46. The van der Waals surface area contributed by atoms with Gasteiger partial charge in [-0.2, -0.15) is 0 Å². The van der Waals surface area contributed by atoms with Crippen LogP contribution in [0.15, 0.2) is 30.3 Å². The van der Waals surface area contributed by atoms with Gasteiger partial charge in [-0.15, -0.1) is 0 Å². The molecule has 0 bridgehead atoms. The molecule has 1 aromatic rings. The number of benzene rings is 1. The summed E-state index contributed by atoms with van der Waals surface area (Å²) in [5, 5.41) is 3.57. The van der Waals surface area contributed by atoms with E-state index >= 15 is 0 Å². The van der Waals surface area contributed by atoms with Crippen molar-refractivity contribution in [3.05, 3.63) is 35.9 Å². The van der Waals surface area contributed by atoms with Crippen LogP contribution in [-0.4, -0.2) is 30.6 Å². The first kappa shape index (κ1) is 11.2. The number of hydrogen-bond donors (Lipinski definition) is 1. The quantitative estimate of drug-likeness (QED) is 0.838. The lowest BCUT2D eigenvalue weighted by Gasteiger charge is -2.29. The second kappa shape index (κ2) is 5.19. The Hall–Kier alpha value is -0.860. The summed E-state index contributed by atoms with van der Waals surface area (Å²) in [6.45, 7) is 4.83. The molecule has 2 heterocycles. The van der Waals surface area contributed by atoms with Gasteiger partial charge in [-0.05, 0) is 37.4 Å². The van der Waals surface area contributed by atoms with Crippen LogP contribution in [0.3, 0.4) is 0 Å². The maximum absolute atomic E-state index is 3.57. The van der Waals surface area contributed by atoms with E-state index in [9.17, 15) is 0 Å². The van der Waals surface area contributed by atoms with Crippen LogP contribution in [0, 0.1) is 5.92 Å². The van der Waals surface area contributed by atoms with E-state index in [1.54, 1.807) is 0 Å². The molecule has 17 heavy (non-hydrogen) atoms. The third kappa shape index (κ3) is 2.53. The largest absolute Gasteiger partial charge is 0.315 e. The second-order valence-electron chi connectivity index (χ2n) is 5.44. The number of hydrogen-bond acceptors (Lipinski definition) is 2. The summed E-state index contributed by atoms with van der Waals surface area (Å²) in [5.74, 6) is 0.890. The molecule has 1 N–H and O–H groups in total. The minimum Gasteiger partial charge on any atom is -0.315 e. The molecule has 92 valence electrons. The van der Waals surface area contributed by atoms with Gasteiger partial charge in [0.2, 0.25) is 0 Å². The van der Waals surface area contributed by atoms with E-state index in [1.807, 2.05) is 0 Å². The summed E-state index contributed by atoms with van der Waals surface area (Å²) in [6.07, 6.45) is 4.21. The second-order valence-corrected chi connectivity index (χ2v) is 5.44. The van der Waals surface area contributed by atoms with Crippen molar-refractivity contribution < 1.29 is 0 Å². The average Bonchev–Trinajstić information content (AvgIpc) is 2.75. The molecule has 2 nitrogen and oxygen atoms in total. The van der Waals surface area contributed by atoms with Crippen molar-refractivity contribution in [1.29, 1.82) is 0 Å². The van der Waals surface area contributed by atoms with Crippen LogP contribution in [-0.2, 0) is 6.54 Å². The summed E-state index contributed by atoms with van der Waals surface area (Å²) in [6, 6.07) is 11.7. The smallest absolute Gasteiger partial charge is 0.0264 e. The topological polar surface area (TPSA) is 15.3 Å². The summed E-state index contributed by atoms with van der Waals surface area (Å²) < 4.78 is 0. The van der Waals surface area contributed by atoms with Gasteiger partial charge in [0.1, 0.15) is 0 Å². The zero-order valence-electron chi connectivity index (χ0n) is 10.4. The maximum atomic E-state index is 3.57. The fourth-order valence-electron chi connectivity index (χ4n) is 3.34. The first-order chi connectivity index (χ1) is 8.43. The van der Waals surface area contributed by atoms with Gasteiger partial charge in [0.25, 0.3) is 0 Å². The Bertz CT molecular complexity index is 349. The van der Waals surface area contributed by atoms with Crippen LogP contribution in [0.2, 0.25) is 0 Å². The van der Waals surface area contributed by atoms with Gasteiger partial charge in [0.15, 0.2) is 0 Å². The fourth-order valence-corrected chi connectivity index (χ4v) is 3.34. The number of nitrogens with one attached hydrogen (secondary N) is 1. The van der Waals surface area contributed by atoms with E-state index in [1.165, 1.54) is 44.5 Å². The molecule has 0 saturated carbocycles. The molecule has 2 aliphatic rings. The number of likely N-dealkylation sites (tertiary alicyclic amines) is 1. The number of rotatable bonds is 2. The number of fused-ring (bicyclic) bond motifs is 1. The lowest BCUT2D eigenvalue weighted by atomic mass is 9.98. The van der Waals surface area contributed by atoms with E-state index in [0.29, 0.717) is 0 Å². The minimum atomic E-state index is 0.776. The SMILES string of the molecule is c1ccc(CN2CCCCC3CNCC32)cc1. The highest BCUT2D eigenvalue weighted by Gasteiger charge is 2.33. The van der Waals surface area contributed by atoms with Gasteiger partial charge in [0.05, 0.1) is 0 Å². The molecule has 2 aliphatic heterocycles. The van der Waals surface area contributed by atoms with Crippen LogP contribution in [0.4, 0.5) is 0 Å². The Kier molecular flexibility index (Phi) is 3.44. The average molecular weight is 230 g/mol.